The summed E-state index contributed by atoms with van der Waals surface area (Å²) >= 11 is 0. The topological polar surface area (TPSA) is 26.0 Å². The van der Waals surface area contributed by atoms with E-state index in [2.05, 4.69) is 12.8 Å². The van der Waals surface area contributed by atoms with Crippen molar-refractivity contribution in [2.45, 2.75) is 45.1 Å². The highest BCUT2D eigenvalue weighted by Gasteiger charge is 1.98. The molecule has 1 atom stereocenters. The van der Waals surface area contributed by atoms with E-state index >= 15 is 0 Å². The van der Waals surface area contributed by atoms with Crippen molar-refractivity contribution in [2.75, 3.05) is 0 Å². The summed E-state index contributed by atoms with van der Waals surface area (Å²) in [5.74, 6) is 2.61. The minimum absolute atomic E-state index is 0.373. The number of rotatable bonds is 5. The van der Waals surface area contributed by atoms with Gasteiger partial charge in [0.15, 0.2) is 0 Å². The van der Waals surface area contributed by atoms with Gasteiger partial charge >= 0.3 is 0 Å². The Morgan fingerprint density at radius 3 is 2.70 bits per heavy atom. The molecule has 0 saturated carbocycles. The molecule has 0 aliphatic carbocycles. The number of unbranched alkanes of at least 4 members (excludes halogenated alkanes) is 1. The molecule has 0 spiro atoms. The molecule has 58 valence electrons. The van der Waals surface area contributed by atoms with Gasteiger partial charge in [0, 0.05) is 12.5 Å². The van der Waals surface area contributed by atoms with Gasteiger partial charge in [-0.15, -0.1) is 12.3 Å². The lowest BCUT2D eigenvalue weighted by Gasteiger charge is -2.07. The van der Waals surface area contributed by atoms with Gasteiger partial charge in [-0.3, -0.25) is 0 Å². The summed E-state index contributed by atoms with van der Waals surface area (Å²) < 4.78 is 0. The van der Waals surface area contributed by atoms with Gasteiger partial charge in [-0.05, 0) is 19.3 Å². The van der Waals surface area contributed by atoms with E-state index in [1.165, 1.54) is 6.42 Å². The molecular formula is C9H17N. The molecule has 0 aromatic heterocycles. The van der Waals surface area contributed by atoms with Gasteiger partial charge in [0.25, 0.3) is 0 Å². The van der Waals surface area contributed by atoms with Gasteiger partial charge in [0.1, 0.15) is 0 Å². The molecule has 0 rings (SSSR count). The lowest BCUT2D eigenvalue weighted by atomic mass is 10.1. The van der Waals surface area contributed by atoms with Gasteiger partial charge in [-0.1, -0.05) is 13.3 Å². The number of hydrogen-bond donors (Lipinski definition) is 1. The first-order chi connectivity index (χ1) is 4.81. The summed E-state index contributed by atoms with van der Waals surface area (Å²) in [7, 11) is 0. The molecule has 0 fully saturated rings. The lowest BCUT2D eigenvalue weighted by molar-refractivity contribution is 0.544. The Morgan fingerprint density at radius 1 is 1.50 bits per heavy atom. The van der Waals surface area contributed by atoms with E-state index in [1.807, 2.05) is 0 Å². The van der Waals surface area contributed by atoms with E-state index < -0.39 is 0 Å². The van der Waals surface area contributed by atoms with Crippen molar-refractivity contribution in [3.05, 3.63) is 0 Å². The fourth-order valence-electron chi connectivity index (χ4n) is 0.981. The van der Waals surface area contributed by atoms with Crippen LogP contribution in [0.15, 0.2) is 0 Å². The maximum Gasteiger partial charge on any atom is 0.00866 e. The maximum absolute atomic E-state index is 5.76. The van der Waals surface area contributed by atoms with Gasteiger partial charge in [-0.25, -0.2) is 0 Å². The Hall–Kier alpha value is -0.480. The van der Waals surface area contributed by atoms with Crippen LogP contribution in [0.25, 0.3) is 0 Å². The van der Waals surface area contributed by atoms with Crippen LogP contribution in [0.4, 0.5) is 0 Å². The van der Waals surface area contributed by atoms with Crippen LogP contribution in [0.3, 0.4) is 0 Å². The molecule has 0 radical (unpaired) electrons. The molecule has 1 nitrogen and oxygen atoms in total. The molecule has 0 bridgehead atoms. The molecular weight excluding hydrogens is 122 g/mol. The van der Waals surface area contributed by atoms with Gasteiger partial charge in [0.05, 0.1) is 0 Å². The highest BCUT2D eigenvalue weighted by atomic mass is 14.6. The third kappa shape index (κ3) is 5.65. The van der Waals surface area contributed by atoms with Crippen molar-refractivity contribution < 1.29 is 0 Å². The average Bonchev–Trinajstić information content (AvgIpc) is 1.89. The highest BCUT2D eigenvalue weighted by Crippen LogP contribution is 2.02. The summed E-state index contributed by atoms with van der Waals surface area (Å²) in [6, 6.07) is 0.373. The smallest absolute Gasteiger partial charge is 0.00866 e. The lowest BCUT2D eigenvalue weighted by Crippen LogP contribution is -2.18. The third-order valence-corrected chi connectivity index (χ3v) is 1.56. The SMILES string of the molecule is C#CCCCC(N)CCC. The number of nitrogens with two attached hydrogens (primary N) is 1. The molecule has 0 aromatic carbocycles. The molecule has 10 heavy (non-hydrogen) atoms. The highest BCUT2D eigenvalue weighted by molar-refractivity contribution is 4.83. The fraction of sp³-hybridized carbons (Fsp3) is 0.778. The molecule has 0 aliphatic heterocycles. The minimum atomic E-state index is 0.373. The monoisotopic (exact) mass is 139 g/mol. The van der Waals surface area contributed by atoms with Crippen LogP contribution in [0, 0.1) is 12.3 Å². The van der Waals surface area contributed by atoms with Crippen molar-refractivity contribution >= 4 is 0 Å². The summed E-state index contributed by atoms with van der Waals surface area (Å²) in [4.78, 5) is 0. The van der Waals surface area contributed by atoms with E-state index in [1.54, 1.807) is 0 Å². The van der Waals surface area contributed by atoms with Crippen LogP contribution < -0.4 is 5.73 Å². The molecule has 0 saturated heterocycles. The first kappa shape index (κ1) is 9.52. The average molecular weight is 139 g/mol. The Balaban J connectivity index is 3.06. The van der Waals surface area contributed by atoms with Gasteiger partial charge < -0.3 is 5.73 Å². The minimum Gasteiger partial charge on any atom is -0.328 e. The van der Waals surface area contributed by atoms with Gasteiger partial charge in [-0.2, -0.15) is 0 Å². The van der Waals surface area contributed by atoms with Crippen molar-refractivity contribution in [1.29, 1.82) is 0 Å². The summed E-state index contributed by atoms with van der Waals surface area (Å²) in [5, 5.41) is 0. The van der Waals surface area contributed by atoms with E-state index in [4.69, 9.17) is 12.2 Å². The predicted octanol–water partition coefficient (Wildman–Crippen LogP) is 1.92. The van der Waals surface area contributed by atoms with E-state index in [9.17, 15) is 0 Å². The maximum atomic E-state index is 5.76. The van der Waals surface area contributed by atoms with Crippen LogP contribution in [-0.2, 0) is 0 Å². The van der Waals surface area contributed by atoms with E-state index in [-0.39, 0.29) is 0 Å². The van der Waals surface area contributed by atoms with Crippen LogP contribution >= 0.6 is 0 Å². The quantitative estimate of drug-likeness (QED) is 0.457. The second-order valence-electron chi connectivity index (χ2n) is 2.65. The first-order valence-electron chi connectivity index (χ1n) is 4.00. The van der Waals surface area contributed by atoms with Crippen molar-refractivity contribution in [3.8, 4) is 12.3 Å². The summed E-state index contributed by atoms with van der Waals surface area (Å²) in [6.45, 7) is 2.15. The molecule has 1 heteroatoms. The van der Waals surface area contributed by atoms with Crippen molar-refractivity contribution in [3.63, 3.8) is 0 Å². The van der Waals surface area contributed by atoms with Crippen LogP contribution in [-0.4, -0.2) is 6.04 Å². The number of terminal acetylenes is 1. The van der Waals surface area contributed by atoms with Crippen molar-refractivity contribution in [1.82, 2.24) is 0 Å². The van der Waals surface area contributed by atoms with Gasteiger partial charge in [0.2, 0.25) is 0 Å². The van der Waals surface area contributed by atoms with Crippen LogP contribution in [0.2, 0.25) is 0 Å². The largest absolute Gasteiger partial charge is 0.328 e. The molecule has 0 aliphatic rings. The Kier molecular flexibility index (Phi) is 6.32. The Bertz CT molecular complexity index is 102. The molecule has 0 amide bonds. The zero-order chi connectivity index (χ0) is 7.82. The fourth-order valence-corrected chi connectivity index (χ4v) is 0.981. The summed E-state index contributed by atoms with van der Waals surface area (Å²) in [6.07, 6.45) is 10.4. The first-order valence-corrected chi connectivity index (χ1v) is 4.00. The van der Waals surface area contributed by atoms with Crippen LogP contribution in [0.1, 0.15) is 39.0 Å². The van der Waals surface area contributed by atoms with E-state index in [0.717, 1.165) is 25.7 Å². The molecule has 2 N–H and O–H groups in total. The molecule has 0 aromatic rings. The third-order valence-electron chi connectivity index (χ3n) is 1.56. The normalized spacial score (nSPS) is 12.5. The zero-order valence-electron chi connectivity index (χ0n) is 6.77. The zero-order valence-corrected chi connectivity index (χ0v) is 6.77. The Labute approximate surface area is 64.0 Å². The molecule has 1 unspecified atom stereocenters. The predicted molar refractivity (Wildman–Crippen MR) is 45.6 cm³/mol. The second-order valence-corrected chi connectivity index (χ2v) is 2.65. The second kappa shape index (κ2) is 6.64. The van der Waals surface area contributed by atoms with Crippen molar-refractivity contribution in [2.24, 2.45) is 5.73 Å². The van der Waals surface area contributed by atoms with Crippen LogP contribution in [0.5, 0.6) is 0 Å². The molecule has 0 heterocycles. The summed E-state index contributed by atoms with van der Waals surface area (Å²) in [5.41, 5.74) is 5.76. The number of hydrogen-bond acceptors (Lipinski definition) is 1. The van der Waals surface area contributed by atoms with E-state index in [0.29, 0.717) is 6.04 Å². The Morgan fingerprint density at radius 2 is 2.20 bits per heavy atom. The standard InChI is InChI=1S/C9H17N/c1-3-5-6-8-9(10)7-4-2/h1,9H,4-8,10H2,2H3.